The summed E-state index contributed by atoms with van der Waals surface area (Å²) in [6, 6.07) is 13.8. The van der Waals surface area contributed by atoms with Gasteiger partial charge in [0.2, 0.25) is 0 Å². The van der Waals surface area contributed by atoms with Gasteiger partial charge in [-0.2, -0.15) is 0 Å². The lowest BCUT2D eigenvalue weighted by atomic mass is 10.0. The topological polar surface area (TPSA) is 145 Å². The Morgan fingerprint density at radius 3 is 2.62 bits per heavy atom. The third kappa shape index (κ3) is 4.78. The smallest absolute Gasteiger partial charge is 0.277 e. The van der Waals surface area contributed by atoms with Crippen molar-refractivity contribution in [3.05, 3.63) is 71.0 Å². The minimum atomic E-state index is -0.643. The van der Waals surface area contributed by atoms with E-state index in [1.54, 1.807) is 27.8 Å². The van der Waals surface area contributed by atoms with Gasteiger partial charge in [-0.25, -0.2) is 9.67 Å². The van der Waals surface area contributed by atoms with Crippen molar-refractivity contribution in [2.45, 2.75) is 38.5 Å². The van der Waals surface area contributed by atoms with Crippen LogP contribution in [0.4, 0.5) is 0 Å². The molecule has 1 atom stereocenters. The summed E-state index contributed by atoms with van der Waals surface area (Å²) in [4.78, 5) is 34.7. The fraction of sp³-hybridized carbons (Fsp3) is 0.345. The summed E-state index contributed by atoms with van der Waals surface area (Å²) >= 11 is 0. The SMILES string of the molecule is COc1ccc(-c2cc(C)c3ccc(C(=O)N4CCN(C(=O)c5cn(C6CC6)nn5)C(N)C4)cc3n2)cc1CN. The van der Waals surface area contributed by atoms with Crippen LogP contribution in [0.2, 0.25) is 0 Å². The van der Waals surface area contributed by atoms with E-state index in [2.05, 4.69) is 10.3 Å². The zero-order valence-electron chi connectivity index (χ0n) is 22.6. The maximum absolute atomic E-state index is 13.5. The highest BCUT2D eigenvalue weighted by Crippen LogP contribution is 2.34. The lowest BCUT2D eigenvalue weighted by molar-refractivity contribution is 0.0392. The van der Waals surface area contributed by atoms with Crippen LogP contribution in [-0.4, -0.2) is 74.5 Å². The zero-order valence-corrected chi connectivity index (χ0v) is 22.6. The van der Waals surface area contributed by atoms with Crippen LogP contribution in [0.15, 0.2) is 48.7 Å². The largest absolute Gasteiger partial charge is 0.496 e. The maximum atomic E-state index is 13.5. The number of pyridine rings is 1. The number of fused-ring (bicyclic) bond motifs is 1. The summed E-state index contributed by atoms with van der Waals surface area (Å²) in [5.41, 5.74) is 17.5. The van der Waals surface area contributed by atoms with Crippen molar-refractivity contribution in [3.8, 4) is 17.0 Å². The molecule has 2 fully saturated rings. The number of rotatable bonds is 6. The molecule has 3 heterocycles. The normalized spacial score (nSPS) is 17.4. The number of nitrogens with two attached hydrogens (primary N) is 2. The second-order valence-corrected chi connectivity index (χ2v) is 10.4. The van der Waals surface area contributed by atoms with Crippen molar-refractivity contribution in [1.29, 1.82) is 0 Å². The standard InChI is InChI=1S/C29H32N8O3/c1-17-11-23(18-4-8-26(40-2)20(12-18)14-30)32-24-13-19(3-7-22(17)24)28(38)35-9-10-36(27(31)16-35)29(39)25-15-37(34-33-25)21-5-6-21/h3-4,7-8,11-13,15,21,27H,5-6,9-10,14,16,30-31H2,1-2H3. The number of amides is 2. The molecule has 6 rings (SSSR count). The summed E-state index contributed by atoms with van der Waals surface area (Å²) in [5, 5.41) is 9.08. The first-order chi connectivity index (χ1) is 19.4. The highest BCUT2D eigenvalue weighted by Gasteiger charge is 2.33. The van der Waals surface area contributed by atoms with Gasteiger partial charge in [-0.05, 0) is 61.7 Å². The Balaban J connectivity index is 1.20. The van der Waals surface area contributed by atoms with Crippen LogP contribution in [0, 0.1) is 6.92 Å². The Morgan fingerprint density at radius 1 is 1.07 bits per heavy atom. The molecule has 0 radical (unpaired) electrons. The van der Waals surface area contributed by atoms with Gasteiger partial charge in [0.1, 0.15) is 5.75 Å². The first-order valence-electron chi connectivity index (χ1n) is 13.4. The van der Waals surface area contributed by atoms with Crippen molar-refractivity contribution in [2.24, 2.45) is 11.5 Å². The number of benzene rings is 2. The summed E-state index contributed by atoms with van der Waals surface area (Å²) < 4.78 is 7.14. The number of carbonyl (C=O) groups is 2. The molecule has 1 unspecified atom stereocenters. The van der Waals surface area contributed by atoms with Crippen LogP contribution in [0.25, 0.3) is 22.2 Å². The fourth-order valence-corrected chi connectivity index (χ4v) is 5.25. The summed E-state index contributed by atoms with van der Waals surface area (Å²) in [5.74, 6) is 0.325. The maximum Gasteiger partial charge on any atom is 0.277 e. The Morgan fingerprint density at radius 2 is 1.90 bits per heavy atom. The highest BCUT2D eigenvalue weighted by atomic mass is 16.5. The molecule has 1 saturated heterocycles. The van der Waals surface area contributed by atoms with Crippen molar-refractivity contribution < 1.29 is 14.3 Å². The number of piperazine rings is 1. The number of hydrogen-bond acceptors (Lipinski definition) is 8. The van der Waals surface area contributed by atoms with Crippen molar-refractivity contribution in [2.75, 3.05) is 26.7 Å². The second kappa shape index (κ2) is 10.3. The molecule has 11 heteroatoms. The van der Waals surface area contributed by atoms with Gasteiger partial charge in [0, 0.05) is 41.7 Å². The van der Waals surface area contributed by atoms with Crippen molar-refractivity contribution in [1.82, 2.24) is 29.8 Å². The van der Waals surface area contributed by atoms with Crippen molar-refractivity contribution >= 4 is 22.7 Å². The lowest BCUT2D eigenvalue weighted by Gasteiger charge is -2.39. The predicted octanol–water partition coefficient (Wildman–Crippen LogP) is 2.49. The third-order valence-corrected chi connectivity index (χ3v) is 7.68. The quantitative estimate of drug-likeness (QED) is 0.379. The van der Waals surface area contributed by atoms with Gasteiger partial charge in [-0.1, -0.05) is 11.3 Å². The molecule has 1 aliphatic heterocycles. The average molecular weight is 541 g/mol. The molecule has 2 aliphatic rings. The van der Waals surface area contributed by atoms with E-state index < -0.39 is 6.17 Å². The third-order valence-electron chi connectivity index (χ3n) is 7.68. The Hall–Kier alpha value is -4.35. The van der Waals surface area contributed by atoms with Crippen molar-refractivity contribution in [3.63, 3.8) is 0 Å². The van der Waals surface area contributed by atoms with Gasteiger partial charge in [-0.3, -0.25) is 9.59 Å². The average Bonchev–Trinajstić information content (AvgIpc) is 3.71. The van der Waals surface area contributed by atoms with E-state index in [1.807, 2.05) is 49.4 Å². The molecule has 0 spiro atoms. The number of methoxy groups -OCH3 is 1. The van der Waals surface area contributed by atoms with Crippen LogP contribution in [0.1, 0.15) is 50.9 Å². The highest BCUT2D eigenvalue weighted by molar-refractivity contribution is 5.99. The molecule has 206 valence electrons. The summed E-state index contributed by atoms with van der Waals surface area (Å²) in [6.45, 7) is 3.29. The molecule has 2 amide bonds. The van der Waals surface area contributed by atoms with Gasteiger partial charge < -0.3 is 26.0 Å². The number of carbonyl (C=O) groups excluding carboxylic acids is 2. The van der Waals surface area contributed by atoms with Crippen LogP contribution < -0.4 is 16.2 Å². The molecular weight excluding hydrogens is 508 g/mol. The number of ether oxygens (including phenoxy) is 1. The Kier molecular flexibility index (Phi) is 6.68. The fourth-order valence-electron chi connectivity index (χ4n) is 5.25. The number of nitrogens with zero attached hydrogens (tertiary/aromatic N) is 6. The van der Waals surface area contributed by atoms with E-state index in [9.17, 15) is 9.59 Å². The van der Waals surface area contributed by atoms with E-state index >= 15 is 0 Å². The molecule has 4 N–H and O–H groups in total. The predicted molar refractivity (Wildman–Crippen MR) is 150 cm³/mol. The van der Waals surface area contributed by atoms with E-state index in [0.29, 0.717) is 31.2 Å². The van der Waals surface area contributed by atoms with Crippen LogP contribution in [-0.2, 0) is 6.54 Å². The van der Waals surface area contributed by atoms with Gasteiger partial charge in [-0.15, -0.1) is 5.10 Å². The molecule has 2 aromatic carbocycles. The minimum Gasteiger partial charge on any atom is -0.496 e. The van der Waals surface area contributed by atoms with Crippen LogP contribution >= 0.6 is 0 Å². The lowest BCUT2D eigenvalue weighted by Crippen LogP contribution is -2.60. The monoisotopic (exact) mass is 540 g/mol. The Labute approximate surface area is 231 Å². The summed E-state index contributed by atoms with van der Waals surface area (Å²) in [6.07, 6.45) is 3.15. The zero-order chi connectivity index (χ0) is 28.0. The second-order valence-electron chi connectivity index (χ2n) is 10.4. The van der Waals surface area contributed by atoms with Gasteiger partial charge >= 0.3 is 0 Å². The number of hydrogen-bond donors (Lipinski definition) is 2. The molecular formula is C29H32N8O3. The van der Waals surface area contributed by atoms with Gasteiger partial charge in [0.15, 0.2) is 5.69 Å². The first kappa shape index (κ1) is 25.9. The van der Waals surface area contributed by atoms with Crippen LogP contribution in [0.5, 0.6) is 5.75 Å². The molecule has 4 aromatic rings. The first-order valence-corrected chi connectivity index (χ1v) is 13.4. The van der Waals surface area contributed by atoms with Gasteiger partial charge in [0.05, 0.1) is 43.3 Å². The van der Waals surface area contributed by atoms with E-state index in [1.165, 1.54) is 0 Å². The van der Waals surface area contributed by atoms with E-state index in [4.69, 9.17) is 21.2 Å². The summed E-state index contributed by atoms with van der Waals surface area (Å²) in [7, 11) is 1.62. The molecule has 2 aromatic heterocycles. The molecule has 0 bridgehead atoms. The molecule has 11 nitrogen and oxygen atoms in total. The minimum absolute atomic E-state index is 0.149. The van der Waals surface area contributed by atoms with E-state index in [0.717, 1.165) is 51.9 Å². The Bertz CT molecular complexity index is 1610. The van der Waals surface area contributed by atoms with Crippen LogP contribution in [0.3, 0.4) is 0 Å². The van der Waals surface area contributed by atoms with Gasteiger partial charge in [0.25, 0.3) is 11.8 Å². The molecule has 1 saturated carbocycles. The van der Waals surface area contributed by atoms with E-state index in [-0.39, 0.29) is 24.1 Å². The number of aryl methyl sites for hydroxylation is 1. The molecule has 40 heavy (non-hydrogen) atoms. The number of aromatic nitrogens is 4. The molecule has 1 aliphatic carbocycles.